The average Bonchev–Trinajstić information content (AvgIpc) is 3.65. The first-order valence-electron chi connectivity index (χ1n) is 22.9. The Morgan fingerprint density at radius 3 is 2.28 bits per heavy atom. The lowest BCUT2D eigenvalue weighted by molar-refractivity contribution is 0.200. The van der Waals surface area contributed by atoms with Crippen LogP contribution < -0.4 is 0 Å². The zero-order chi connectivity index (χ0) is 39.8. The molecule has 4 aromatic carbocycles. The van der Waals surface area contributed by atoms with E-state index < -0.39 is 0 Å². The van der Waals surface area contributed by atoms with Crippen LogP contribution in [0.25, 0.3) is 44.7 Å². The van der Waals surface area contributed by atoms with Gasteiger partial charge in [0.05, 0.1) is 17.1 Å². The summed E-state index contributed by atoms with van der Waals surface area (Å²) >= 11 is 0. The predicted molar refractivity (Wildman–Crippen MR) is 255 cm³/mol. The molecule has 1 heterocycles. The third-order valence-electron chi connectivity index (χ3n) is 14.5. The predicted octanol–water partition coefficient (Wildman–Crippen LogP) is 14.9. The highest BCUT2D eigenvalue weighted by Crippen LogP contribution is 2.41. The van der Waals surface area contributed by atoms with Crippen molar-refractivity contribution in [3.8, 4) is 5.69 Å². The van der Waals surface area contributed by atoms with E-state index in [4.69, 9.17) is 0 Å². The van der Waals surface area contributed by atoms with E-state index in [9.17, 15) is 0 Å². The van der Waals surface area contributed by atoms with Crippen molar-refractivity contribution in [2.75, 3.05) is 0 Å². The van der Waals surface area contributed by atoms with Gasteiger partial charge in [0.15, 0.2) is 0 Å². The van der Waals surface area contributed by atoms with Crippen LogP contribution >= 0.6 is 0 Å². The van der Waals surface area contributed by atoms with Crippen LogP contribution in [0.4, 0.5) is 0 Å². The van der Waals surface area contributed by atoms with E-state index >= 15 is 0 Å². The van der Waals surface area contributed by atoms with Crippen molar-refractivity contribution in [2.45, 2.75) is 89.1 Å². The molecule has 11 rings (SSSR count). The molecule has 0 saturated carbocycles. The maximum absolute atomic E-state index is 2.82. The summed E-state index contributed by atoms with van der Waals surface area (Å²) in [5.74, 6) is 1.22. The standard InChI is InChI=1S/C58H56N2/c1-3-12-41(13-4-1)43-22-24-44(25-23-43)46-28-34-52(35-29-46)59(51-32-26-45(27-33-51)42-14-5-2-6-15-42)53-36-30-47(31-37-53)48-18-11-19-54(38-48)60-57-21-10-9-20-55(57)56-39-49-16-7-8-17-50(49)40-58(56)60/h1-5,8-14,17-22,26,28,30-33,36,38-40,44-45,52-53H,6-7,15-16,23-25,27,29,34-35,37H2. The van der Waals surface area contributed by atoms with E-state index in [2.05, 4.69) is 179 Å². The summed E-state index contributed by atoms with van der Waals surface area (Å²) in [6.07, 6.45) is 45.7. The molecule has 0 bridgehead atoms. The van der Waals surface area contributed by atoms with Crippen LogP contribution in [0.2, 0.25) is 0 Å². The molecule has 4 unspecified atom stereocenters. The monoisotopic (exact) mass is 780 g/mol. The molecule has 5 aromatic rings. The number of benzene rings is 4. The minimum atomic E-state index is 0.337. The molecule has 60 heavy (non-hydrogen) atoms. The van der Waals surface area contributed by atoms with E-state index in [1.807, 2.05) is 0 Å². The third-order valence-corrected chi connectivity index (χ3v) is 14.5. The maximum atomic E-state index is 2.82. The summed E-state index contributed by atoms with van der Waals surface area (Å²) in [7, 11) is 0. The Morgan fingerprint density at radius 1 is 0.583 bits per heavy atom. The number of hydrogen-bond donors (Lipinski definition) is 0. The summed E-state index contributed by atoms with van der Waals surface area (Å²) in [4.78, 5) is 2.82. The Bertz CT molecular complexity index is 2730. The fourth-order valence-electron chi connectivity index (χ4n) is 11.3. The molecule has 0 aliphatic heterocycles. The molecular weight excluding hydrogens is 725 g/mol. The molecule has 0 spiro atoms. The number of hydrogen-bond acceptors (Lipinski definition) is 1. The van der Waals surface area contributed by atoms with Gasteiger partial charge in [-0.3, -0.25) is 0 Å². The van der Waals surface area contributed by atoms with Gasteiger partial charge in [-0.05, 0) is 153 Å². The topological polar surface area (TPSA) is 8.17 Å². The largest absolute Gasteiger partial charge is 0.362 e. The zero-order valence-corrected chi connectivity index (χ0v) is 34.9. The molecule has 6 aliphatic carbocycles. The minimum absolute atomic E-state index is 0.337. The maximum Gasteiger partial charge on any atom is 0.0547 e. The second-order valence-electron chi connectivity index (χ2n) is 18.0. The van der Waals surface area contributed by atoms with Crippen LogP contribution in [0.1, 0.15) is 92.9 Å². The minimum Gasteiger partial charge on any atom is -0.362 e. The molecule has 6 aliphatic rings. The quantitative estimate of drug-likeness (QED) is 0.142. The fourth-order valence-corrected chi connectivity index (χ4v) is 11.3. The molecule has 0 fully saturated rings. The van der Waals surface area contributed by atoms with E-state index in [1.54, 1.807) is 11.1 Å². The van der Waals surface area contributed by atoms with E-state index in [1.165, 1.54) is 112 Å². The Balaban J connectivity index is 0.857. The Morgan fingerprint density at radius 2 is 1.48 bits per heavy atom. The highest BCUT2D eigenvalue weighted by atomic mass is 15.2. The van der Waals surface area contributed by atoms with Crippen LogP contribution in [0, 0.1) is 11.8 Å². The van der Waals surface area contributed by atoms with Crippen LogP contribution in [-0.4, -0.2) is 21.6 Å². The van der Waals surface area contributed by atoms with E-state index in [-0.39, 0.29) is 0 Å². The van der Waals surface area contributed by atoms with Crippen molar-refractivity contribution in [1.82, 2.24) is 9.47 Å². The number of rotatable bonds is 8. The Labute approximate surface area is 356 Å². The molecule has 298 valence electrons. The first-order chi connectivity index (χ1) is 29.7. The lowest BCUT2D eigenvalue weighted by atomic mass is 9.77. The summed E-state index contributed by atoms with van der Waals surface area (Å²) in [6.45, 7) is 0. The van der Waals surface area contributed by atoms with Gasteiger partial charge >= 0.3 is 0 Å². The first kappa shape index (κ1) is 37.2. The summed E-state index contributed by atoms with van der Waals surface area (Å²) < 4.78 is 2.49. The summed E-state index contributed by atoms with van der Waals surface area (Å²) in [6, 6.07) is 34.9. The number of fused-ring (bicyclic) bond motifs is 4. The molecule has 0 saturated heterocycles. The Kier molecular flexibility index (Phi) is 10.1. The van der Waals surface area contributed by atoms with Crippen LogP contribution in [0.3, 0.4) is 0 Å². The number of allylic oxidation sites excluding steroid dienone is 13. The molecule has 0 amide bonds. The average molecular weight is 781 g/mol. The van der Waals surface area contributed by atoms with Gasteiger partial charge in [0, 0.05) is 34.1 Å². The van der Waals surface area contributed by atoms with Crippen molar-refractivity contribution < 1.29 is 0 Å². The zero-order valence-electron chi connectivity index (χ0n) is 34.9. The summed E-state index contributed by atoms with van der Waals surface area (Å²) in [5.41, 5.74) is 16.9. The molecule has 1 aromatic heterocycles. The summed E-state index contributed by atoms with van der Waals surface area (Å²) in [5, 5.41) is 2.68. The van der Waals surface area contributed by atoms with E-state index in [0.29, 0.717) is 23.9 Å². The number of para-hydroxylation sites is 1. The van der Waals surface area contributed by atoms with Crippen molar-refractivity contribution in [3.05, 3.63) is 203 Å². The van der Waals surface area contributed by atoms with Crippen LogP contribution in [0.5, 0.6) is 0 Å². The third kappa shape index (κ3) is 7.15. The normalized spacial score (nSPS) is 23.8. The SMILES string of the molecule is C1=CCCC(C2C=CC(N(C3C=CC(c4cccc(-n5c6ccccc6c6cc7c(cc65)C=CCC7)c4)=CC3)C3CC=C(C4CC=C(c5ccccc5)CC4)CC3)=CC2)=C1. The van der Waals surface area contributed by atoms with Crippen LogP contribution in [-0.2, 0) is 6.42 Å². The molecule has 0 radical (unpaired) electrons. The number of aryl methyl sites for hydroxylation is 1. The highest BCUT2D eigenvalue weighted by molar-refractivity contribution is 6.10. The van der Waals surface area contributed by atoms with Gasteiger partial charge in [0.2, 0.25) is 0 Å². The molecule has 2 heteroatoms. The number of nitrogens with zero attached hydrogens (tertiary/aromatic N) is 2. The number of aromatic nitrogens is 1. The van der Waals surface area contributed by atoms with Crippen molar-refractivity contribution >= 4 is 39.0 Å². The molecule has 4 atom stereocenters. The fraction of sp³-hybridized carbons (Fsp3) is 0.276. The van der Waals surface area contributed by atoms with Crippen molar-refractivity contribution in [2.24, 2.45) is 11.8 Å². The lowest BCUT2D eigenvalue weighted by Crippen LogP contribution is -2.43. The van der Waals surface area contributed by atoms with Gasteiger partial charge in [0.25, 0.3) is 0 Å². The first-order valence-corrected chi connectivity index (χ1v) is 22.9. The van der Waals surface area contributed by atoms with Gasteiger partial charge in [-0.25, -0.2) is 0 Å². The Hall–Kier alpha value is -5.86. The second kappa shape index (κ2) is 16.3. The van der Waals surface area contributed by atoms with Gasteiger partial charge in [-0.15, -0.1) is 0 Å². The second-order valence-corrected chi connectivity index (χ2v) is 18.0. The van der Waals surface area contributed by atoms with Gasteiger partial charge in [-0.1, -0.05) is 145 Å². The lowest BCUT2D eigenvalue weighted by Gasteiger charge is -2.43. The highest BCUT2D eigenvalue weighted by Gasteiger charge is 2.31. The van der Waals surface area contributed by atoms with Crippen molar-refractivity contribution in [3.63, 3.8) is 0 Å². The van der Waals surface area contributed by atoms with Gasteiger partial charge in [-0.2, -0.15) is 0 Å². The van der Waals surface area contributed by atoms with E-state index in [0.717, 1.165) is 32.1 Å². The van der Waals surface area contributed by atoms with Crippen molar-refractivity contribution in [1.29, 1.82) is 0 Å². The molecule has 2 nitrogen and oxygen atoms in total. The van der Waals surface area contributed by atoms with Gasteiger partial charge in [0.1, 0.15) is 0 Å². The van der Waals surface area contributed by atoms with Crippen LogP contribution in [0.15, 0.2) is 181 Å². The molecule has 0 N–H and O–H groups in total. The smallest absolute Gasteiger partial charge is 0.0547 e. The molecular formula is C58H56N2. The van der Waals surface area contributed by atoms with Gasteiger partial charge < -0.3 is 9.47 Å².